The molecule has 0 bridgehead atoms. The van der Waals surface area contributed by atoms with Gasteiger partial charge in [0.15, 0.2) is 0 Å². The van der Waals surface area contributed by atoms with Crippen molar-refractivity contribution >= 4 is 33.0 Å². The second kappa shape index (κ2) is 7.26. The predicted molar refractivity (Wildman–Crippen MR) is 84.1 cm³/mol. The zero-order valence-electron chi connectivity index (χ0n) is 11.4. The number of aliphatic hydroxyl groups excluding tert-OH is 1. The van der Waals surface area contributed by atoms with Crippen LogP contribution in [-0.2, 0) is 0 Å². The van der Waals surface area contributed by atoms with Crippen LogP contribution in [0.25, 0.3) is 10.1 Å². The lowest BCUT2D eigenvalue weighted by Gasteiger charge is -2.04. The average Bonchev–Trinajstić information content (AvgIpc) is 2.80. The fourth-order valence-corrected chi connectivity index (χ4v) is 3.15. The normalized spacial score (nSPS) is 10.8. The fraction of sp³-hybridized carbons (Fsp3) is 0.400. The van der Waals surface area contributed by atoms with Gasteiger partial charge in [0.25, 0.3) is 5.91 Å². The second-order valence-corrected chi connectivity index (χ2v) is 5.79. The van der Waals surface area contributed by atoms with Gasteiger partial charge in [-0.3, -0.25) is 4.79 Å². The SMILES string of the molecule is Nc1c(C(=O)NCCCCCCO)sc2ccccc12. The molecular weight excluding hydrogens is 272 g/mol. The molecule has 4 N–H and O–H groups in total. The molecule has 0 atom stereocenters. The van der Waals surface area contributed by atoms with E-state index >= 15 is 0 Å². The number of hydrogen-bond donors (Lipinski definition) is 3. The molecule has 1 heterocycles. The van der Waals surface area contributed by atoms with Crippen LogP contribution in [0.15, 0.2) is 24.3 Å². The van der Waals surface area contributed by atoms with E-state index in [1.807, 2.05) is 24.3 Å². The van der Waals surface area contributed by atoms with Gasteiger partial charge in [0.2, 0.25) is 0 Å². The van der Waals surface area contributed by atoms with Crippen molar-refractivity contribution in [3.8, 4) is 0 Å². The van der Waals surface area contributed by atoms with Crippen molar-refractivity contribution in [1.82, 2.24) is 5.32 Å². The Bertz CT molecular complexity index is 580. The predicted octanol–water partition coefficient (Wildman–Crippen LogP) is 2.77. The minimum Gasteiger partial charge on any atom is -0.397 e. The van der Waals surface area contributed by atoms with Crippen molar-refractivity contribution in [3.63, 3.8) is 0 Å². The lowest BCUT2D eigenvalue weighted by atomic mass is 10.2. The molecule has 0 saturated heterocycles. The first-order valence-corrected chi connectivity index (χ1v) is 7.71. The maximum absolute atomic E-state index is 12.1. The number of aliphatic hydroxyl groups is 1. The van der Waals surface area contributed by atoms with E-state index in [2.05, 4.69) is 5.32 Å². The first-order valence-electron chi connectivity index (χ1n) is 6.90. The van der Waals surface area contributed by atoms with E-state index in [4.69, 9.17) is 10.8 Å². The molecule has 108 valence electrons. The number of rotatable bonds is 7. The van der Waals surface area contributed by atoms with Gasteiger partial charge in [-0.2, -0.15) is 0 Å². The molecule has 0 fully saturated rings. The van der Waals surface area contributed by atoms with Crippen LogP contribution in [-0.4, -0.2) is 24.2 Å². The number of carbonyl (C=O) groups excluding carboxylic acids is 1. The molecule has 0 aliphatic rings. The van der Waals surface area contributed by atoms with Crippen molar-refractivity contribution in [2.75, 3.05) is 18.9 Å². The van der Waals surface area contributed by atoms with Gasteiger partial charge in [0, 0.05) is 23.2 Å². The zero-order valence-corrected chi connectivity index (χ0v) is 12.2. The summed E-state index contributed by atoms with van der Waals surface area (Å²) in [5, 5.41) is 12.5. The molecule has 2 aromatic rings. The number of nitrogens with one attached hydrogen (secondary N) is 1. The number of nitrogen functional groups attached to an aromatic ring is 1. The highest BCUT2D eigenvalue weighted by Crippen LogP contribution is 2.33. The minimum absolute atomic E-state index is 0.0918. The monoisotopic (exact) mass is 292 g/mol. The molecular formula is C15H20N2O2S. The number of amides is 1. The molecule has 1 aromatic carbocycles. The molecule has 20 heavy (non-hydrogen) atoms. The van der Waals surface area contributed by atoms with Crippen LogP contribution in [0.2, 0.25) is 0 Å². The Morgan fingerprint density at radius 1 is 1.20 bits per heavy atom. The number of carbonyl (C=O) groups is 1. The molecule has 0 aliphatic carbocycles. The number of anilines is 1. The first kappa shape index (κ1) is 14.8. The van der Waals surface area contributed by atoms with Crippen LogP contribution in [0.5, 0.6) is 0 Å². The molecule has 0 saturated carbocycles. The number of unbranched alkanes of at least 4 members (excludes halogenated alkanes) is 3. The molecule has 0 spiro atoms. The molecule has 2 rings (SSSR count). The van der Waals surface area contributed by atoms with Gasteiger partial charge in [-0.15, -0.1) is 11.3 Å². The lowest BCUT2D eigenvalue weighted by molar-refractivity contribution is 0.0957. The van der Waals surface area contributed by atoms with Gasteiger partial charge in [0.05, 0.1) is 5.69 Å². The Kier molecular flexibility index (Phi) is 5.38. The number of fused-ring (bicyclic) bond motifs is 1. The van der Waals surface area contributed by atoms with Crippen LogP contribution in [0, 0.1) is 0 Å². The van der Waals surface area contributed by atoms with Gasteiger partial charge < -0.3 is 16.2 Å². The van der Waals surface area contributed by atoms with Crippen molar-refractivity contribution in [2.45, 2.75) is 25.7 Å². The Balaban J connectivity index is 1.89. The summed E-state index contributed by atoms with van der Waals surface area (Å²) in [4.78, 5) is 12.7. The summed E-state index contributed by atoms with van der Waals surface area (Å²) in [6.07, 6.45) is 3.77. The molecule has 0 radical (unpaired) electrons. The summed E-state index contributed by atoms with van der Waals surface area (Å²) in [6.45, 7) is 0.891. The lowest BCUT2D eigenvalue weighted by Crippen LogP contribution is -2.24. The minimum atomic E-state index is -0.0918. The third-order valence-electron chi connectivity index (χ3n) is 3.21. The highest BCUT2D eigenvalue weighted by atomic mass is 32.1. The van der Waals surface area contributed by atoms with E-state index in [-0.39, 0.29) is 12.5 Å². The molecule has 0 unspecified atom stereocenters. The second-order valence-electron chi connectivity index (χ2n) is 4.73. The standard InChI is InChI=1S/C15H20N2O2S/c16-13-11-7-3-4-8-12(11)20-14(13)15(19)17-9-5-1-2-6-10-18/h3-4,7-8,18H,1-2,5-6,9-10,16H2,(H,17,19). The highest BCUT2D eigenvalue weighted by Gasteiger charge is 2.15. The number of hydrogen-bond acceptors (Lipinski definition) is 4. The number of thiophene rings is 1. The van der Waals surface area contributed by atoms with E-state index in [0.29, 0.717) is 17.1 Å². The van der Waals surface area contributed by atoms with Gasteiger partial charge in [-0.1, -0.05) is 31.0 Å². The third kappa shape index (κ3) is 3.49. The van der Waals surface area contributed by atoms with Crippen molar-refractivity contribution in [2.24, 2.45) is 0 Å². The van der Waals surface area contributed by atoms with E-state index in [0.717, 1.165) is 35.8 Å². The summed E-state index contributed by atoms with van der Waals surface area (Å²) in [5.74, 6) is -0.0918. The van der Waals surface area contributed by atoms with Gasteiger partial charge in [-0.05, 0) is 18.9 Å². The summed E-state index contributed by atoms with van der Waals surface area (Å²) in [6, 6.07) is 7.78. The highest BCUT2D eigenvalue weighted by molar-refractivity contribution is 7.21. The van der Waals surface area contributed by atoms with Gasteiger partial charge >= 0.3 is 0 Å². The Morgan fingerprint density at radius 2 is 1.95 bits per heavy atom. The number of nitrogens with two attached hydrogens (primary N) is 1. The van der Waals surface area contributed by atoms with E-state index in [1.54, 1.807) is 0 Å². The maximum Gasteiger partial charge on any atom is 0.263 e. The summed E-state index contributed by atoms with van der Waals surface area (Å²) < 4.78 is 1.04. The summed E-state index contributed by atoms with van der Waals surface area (Å²) >= 11 is 1.43. The van der Waals surface area contributed by atoms with E-state index in [1.165, 1.54) is 11.3 Å². The zero-order chi connectivity index (χ0) is 14.4. The Hall–Kier alpha value is -1.59. The van der Waals surface area contributed by atoms with Crippen LogP contribution >= 0.6 is 11.3 Å². The Labute approximate surface area is 122 Å². The van der Waals surface area contributed by atoms with Crippen LogP contribution < -0.4 is 11.1 Å². The third-order valence-corrected chi connectivity index (χ3v) is 4.40. The van der Waals surface area contributed by atoms with Crippen LogP contribution in [0.3, 0.4) is 0 Å². The molecule has 4 nitrogen and oxygen atoms in total. The maximum atomic E-state index is 12.1. The summed E-state index contributed by atoms with van der Waals surface area (Å²) in [7, 11) is 0. The van der Waals surface area contributed by atoms with Crippen LogP contribution in [0.1, 0.15) is 35.4 Å². The molecule has 1 aromatic heterocycles. The van der Waals surface area contributed by atoms with Gasteiger partial charge in [0.1, 0.15) is 4.88 Å². The fourth-order valence-electron chi connectivity index (χ4n) is 2.11. The van der Waals surface area contributed by atoms with E-state index < -0.39 is 0 Å². The molecule has 0 aliphatic heterocycles. The molecule has 5 heteroatoms. The van der Waals surface area contributed by atoms with Crippen molar-refractivity contribution in [1.29, 1.82) is 0 Å². The van der Waals surface area contributed by atoms with E-state index in [9.17, 15) is 4.79 Å². The van der Waals surface area contributed by atoms with Crippen molar-refractivity contribution in [3.05, 3.63) is 29.1 Å². The first-order chi connectivity index (χ1) is 9.74. The quantitative estimate of drug-likeness (QED) is 0.687. The van der Waals surface area contributed by atoms with Crippen molar-refractivity contribution < 1.29 is 9.90 Å². The largest absolute Gasteiger partial charge is 0.397 e. The smallest absolute Gasteiger partial charge is 0.263 e. The van der Waals surface area contributed by atoms with Crippen LogP contribution in [0.4, 0.5) is 5.69 Å². The van der Waals surface area contributed by atoms with Gasteiger partial charge in [-0.25, -0.2) is 0 Å². The molecule has 1 amide bonds. The summed E-state index contributed by atoms with van der Waals surface area (Å²) in [5.41, 5.74) is 6.60. The number of benzene rings is 1. The average molecular weight is 292 g/mol. The topological polar surface area (TPSA) is 75.4 Å². The Morgan fingerprint density at radius 3 is 2.70 bits per heavy atom.